The molecule has 0 atom stereocenters. The molecule has 0 saturated heterocycles. The van der Waals surface area contributed by atoms with Gasteiger partial charge in [0.05, 0.1) is 11.6 Å². The molecule has 0 amide bonds. The Hall–Kier alpha value is -0.800. The minimum Gasteiger partial charge on any atom is -0.268 e. The van der Waals surface area contributed by atoms with Crippen molar-refractivity contribution >= 4 is 27.5 Å². The summed E-state index contributed by atoms with van der Waals surface area (Å²) in [6.45, 7) is 0.750. The lowest BCUT2D eigenvalue weighted by Crippen LogP contribution is -1.99. The van der Waals surface area contributed by atoms with Crippen LogP contribution in [0.15, 0.2) is 41.1 Å². The number of halogens is 2. The minimum absolute atomic E-state index is 0.731. The molecule has 0 saturated carbocycles. The van der Waals surface area contributed by atoms with E-state index in [2.05, 4.69) is 21.0 Å². The summed E-state index contributed by atoms with van der Waals surface area (Å²) in [5, 5.41) is 4.86. The van der Waals surface area contributed by atoms with Crippen LogP contribution in [0.1, 0.15) is 5.56 Å². The molecule has 0 fully saturated rings. The first-order chi connectivity index (χ1) is 6.75. The van der Waals surface area contributed by atoms with Crippen LogP contribution in [0, 0.1) is 0 Å². The smallest absolute Gasteiger partial charge is 0.0659 e. The molecule has 1 aromatic heterocycles. The Kier molecular flexibility index (Phi) is 2.89. The maximum atomic E-state index is 5.98. The summed E-state index contributed by atoms with van der Waals surface area (Å²) < 4.78 is 2.78. The van der Waals surface area contributed by atoms with Crippen LogP contribution in [-0.4, -0.2) is 9.78 Å². The fraction of sp³-hybridized carbons (Fsp3) is 0.100. The first kappa shape index (κ1) is 9.74. The van der Waals surface area contributed by atoms with Crippen molar-refractivity contribution in [2.45, 2.75) is 6.54 Å². The van der Waals surface area contributed by atoms with Gasteiger partial charge in [-0.25, -0.2) is 0 Å². The molecule has 0 radical (unpaired) electrons. The van der Waals surface area contributed by atoms with Gasteiger partial charge >= 0.3 is 0 Å². The Balaban J connectivity index is 2.22. The molecule has 72 valence electrons. The van der Waals surface area contributed by atoms with E-state index >= 15 is 0 Å². The van der Waals surface area contributed by atoms with E-state index in [0.717, 1.165) is 21.6 Å². The lowest BCUT2D eigenvalue weighted by atomic mass is 10.2. The van der Waals surface area contributed by atoms with Crippen molar-refractivity contribution in [2.75, 3.05) is 0 Å². The quantitative estimate of drug-likeness (QED) is 0.819. The van der Waals surface area contributed by atoms with Crippen molar-refractivity contribution in [3.8, 4) is 0 Å². The van der Waals surface area contributed by atoms with Crippen LogP contribution >= 0.6 is 27.5 Å². The van der Waals surface area contributed by atoms with Crippen molar-refractivity contribution in [1.82, 2.24) is 9.78 Å². The molecule has 2 rings (SSSR count). The lowest BCUT2D eigenvalue weighted by Gasteiger charge is -2.03. The summed E-state index contributed by atoms with van der Waals surface area (Å²) in [6, 6.07) is 7.81. The number of benzene rings is 1. The van der Waals surface area contributed by atoms with Crippen LogP contribution in [0.3, 0.4) is 0 Å². The Labute approximate surface area is 95.6 Å². The molecule has 2 nitrogen and oxygen atoms in total. The molecule has 4 heteroatoms. The molecular formula is C10H8BrClN2. The summed E-state index contributed by atoms with van der Waals surface area (Å²) >= 11 is 9.33. The van der Waals surface area contributed by atoms with Crippen molar-refractivity contribution in [3.05, 3.63) is 51.7 Å². The van der Waals surface area contributed by atoms with Gasteiger partial charge in [-0.2, -0.15) is 5.10 Å². The zero-order chi connectivity index (χ0) is 9.97. The summed E-state index contributed by atoms with van der Waals surface area (Å²) in [7, 11) is 0. The Morgan fingerprint density at radius 3 is 2.93 bits per heavy atom. The monoisotopic (exact) mass is 270 g/mol. The third-order valence-electron chi connectivity index (χ3n) is 1.89. The topological polar surface area (TPSA) is 17.8 Å². The summed E-state index contributed by atoms with van der Waals surface area (Å²) in [6.07, 6.45) is 3.69. The number of rotatable bonds is 2. The lowest BCUT2D eigenvalue weighted by molar-refractivity contribution is 0.687. The highest BCUT2D eigenvalue weighted by Gasteiger charge is 1.99. The van der Waals surface area contributed by atoms with E-state index in [9.17, 15) is 0 Å². The average molecular weight is 272 g/mol. The second-order valence-electron chi connectivity index (χ2n) is 2.95. The predicted octanol–water partition coefficient (Wildman–Crippen LogP) is 3.35. The Bertz CT molecular complexity index is 426. The third kappa shape index (κ3) is 2.16. The number of hydrogen-bond donors (Lipinski definition) is 0. The third-order valence-corrected chi connectivity index (χ3v) is 3.12. The first-order valence-corrected chi connectivity index (χ1v) is 5.34. The van der Waals surface area contributed by atoms with Gasteiger partial charge in [-0.05, 0) is 39.7 Å². The van der Waals surface area contributed by atoms with E-state index in [1.165, 1.54) is 0 Å². The maximum Gasteiger partial charge on any atom is 0.0659 e. The Morgan fingerprint density at radius 1 is 1.43 bits per heavy atom. The highest BCUT2D eigenvalue weighted by Crippen LogP contribution is 2.23. The average Bonchev–Trinajstić information content (AvgIpc) is 2.64. The molecule has 0 N–H and O–H groups in total. The molecule has 14 heavy (non-hydrogen) atoms. The van der Waals surface area contributed by atoms with E-state index in [0.29, 0.717) is 0 Å². The van der Waals surface area contributed by atoms with Gasteiger partial charge < -0.3 is 0 Å². The van der Waals surface area contributed by atoms with E-state index in [4.69, 9.17) is 11.6 Å². The first-order valence-electron chi connectivity index (χ1n) is 4.17. The zero-order valence-corrected chi connectivity index (χ0v) is 9.66. The zero-order valence-electron chi connectivity index (χ0n) is 7.32. The molecule has 0 unspecified atom stereocenters. The van der Waals surface area contributed by atoms with Gasteiger partial charge in [0.1, 0.15) is 0 Å². The van der Waals surface area contributed by atoms with Gasteiger partial charge in [0.25, 0.3) is 0 Å². The molecule has 0 aliphatic rings. The highest BCUT2D eigenvalue weighted by molar-refractivity contribution is 9.10. The summed E-state index contributed by atoms with van der Waals surface area (Å²) in [5.74, 6) is 0. The SMILES string of the molecule is Clc1cc(Cn2cccn2)ccc1Br. The summed E-state index contributed by atoms with van der Waals surface area (Å²) in [5.41, 5.74) is 1.14. The number of nitrogens with zero attached hydrogens (tertiary/aromatic N) is 2. The fourth-order valence-electron chi connectivity index (χ4n) is 1.22. The van der Waals surface area contributed by atoms with E-state index in [-0.39, 0.29) is 0 Å². The molecule has 2 aromatic rings. The molecule has 1 aromatic carbocycles. The predicted molar refractivity (Wildman–Crippen MR) is 60.5 cm³/mol. The van der Waals surface area contributed by atoms with Crippen LogP contribution in [0.2, 0.25) is 5.02 Å². The van der Waals surface area contributed by atoms with Gasteiger partial charge in [0.15, 0.2) is 0 Å². The largest absolute Gasteiger partial charge is 0.268 e. The maximum absolute atomic E-state index is 5.98. The van der Waals surface area contributed by atoms with Crippen LogP contribution in [-0.2, 0) is 6.54 Å². The van der Waals surface area contributed by atoms with E-state index in [1.54, 1.807) is 6.20 Å². The molecule has 1 heterocycles. The molecule has 0 bridgehead atoms. The van der Waals surface area contributed by atoms with Crippen LogP contribution in [0.4, 0.5) is 0 Å². The van der Waals surface area contributed by atoms with Crippen molar-refractivity contribution in [2.24, 2.45) is 0 Å². The Morgan fingerprint density at radius 2 is 2.29 bits per heavy atom. The fourth-order valence-corrected chi connectivity index (χ4v) is 1.67. The highest BCUT2D eigenvalue weighted by atomic mass is 79.9. The number of hydrogen-bond acceptors (Lipinski definition) is 1. The number of aromatic nitrogens is 2. The molecule has 0 spiro atoms. The van der Waals surface area contributed by atoms with Gasteiger partial charge in [-0.1, -0.05) is 17.7 Å². The van der Waals surface area contributed by atoms with Crippen LogP contribution in [0.5, 0.6) is 0 Å². The second-order valence-corrected chi connectivity index (χ2v) is 4.21. The van der Waals surface area contributed by atoms with Gasteiger partial charge in [0.2, 0.25) is 0 Å². The van der Waals surface area contributed by atoms with Crippen molar-refractivity contribution < 1.29 is 0 Å². The van der Waals surface area contributed by atoms with Gasteiger partial charge in [0, 0.05) is 16.9 Å². The molecular weight excluding hydrogens is 263 g/mol. The van der Waals surface area contributed by atoms with E-state index < -0.39 is 0 Å². The standard InChI is InChI=1S/C10H8BrClN2/c11-9-3-2-8(6-10(9)12)7-14-5-1-4-13-14/h1-6H,7H2. The molecule has 0 aliphatic heterocycles. The van der Waals surface area contributed by atoms with Crippen LogP contribution < -0.4 is 0 Å². The van der Waals surface area contributed by atoms with Crippen LogP contribution in [0.25, 0.3) is 0 Å². The normalized spacial score (nSPS) is 10.4. The van der Waals surface area contributed by atoms with Gasteiger partial charge in [-0.3, -0.25) is 4.68 Å². The van der Waals surface area contributed by atoms with Gasteiger partial charge in [-0.15, -0.1) is 0 Å². The molecule has 0 aliphatic carbocycles. The minimum atomic E-state index is 0.731. The van der Waals surface area contributed by atoms with Crippen molar-refractivity contribution in [1.29, 1.82) is 0 Å². The van der Waals surface area contributed by atoms with E-state index in [1.807, 2.05) is 35.1 Å². The summed E-state index contributed by atoms with van der Waals surface area (Å²) in [4.78, 5) is 0. The second kappa shape index (κ2) is 4.15. The van der Waals surface area contributed by atoms with Crippen molar-refractivity contribution in [3.63, 3.8) is 0 Å².